The topological polar surface area (TPSA) is 34.1 Å². The van der Waals surface area contributed by atoms with Crippen LogP contribution in [0, 0.1) is 6.92 Å². The standard InChI is InChI=1S/C16H18N2O/c1-12-5-4-7-14(18-12)9-17-16-11-19-10-13-6-2-3-8-15(13)16/h2-8,16-17H,9-11H2,1H3. The van der Waals surface area contributed by atoms with Gasteiger partial charge in [0.15, 0.2) is 0 Å². The summed E-state index contributed by atoms with van der Waals surface area (Å²) in [6.45, 7) is 4.23. The van der Waals surface area contributed by atoms with Crippen molar-refractivity contribution in [3.8, 4) is 0 Å². The molecule has 0 fully saturated rings. The molecule has 1 aliphatic rings. The average Bonchev–Trinajstić information content (AvgIpc) is 2.45. The Morgan fingerprint density at radius 3 is 3.00 bits per heavy atom. The van der Waals surface area contributed by atoms with Crippen LogP contribution in [0.2, 0.25) is 0 Å². The third-order valence-corrected chi connectivity index (χ3v) is 3.45. The maximum atomic E-state index is 5.64. The molecule has 2 heterocycles. The van der Waals surface area contributed by atoms with Crippen LogP contribution in [0.3, 0.4) is 0 Å². The number of nitrogens with one attached hydrogen (secondary N) is 1. The van der Waals surface area contributed by atoms with Crippen molar-refractivity contribution in [3.05, 3.63) is 65.0 Å². The molecule has 0 saturated carbocycles. The molecule has 3 nitrogen and oxygen atoms in total. The molecule has 0 aliphatic carbocycles. The molecule has 1 unspecified atom stereocenters. The lowest BCUT2D eigenvalue weighted by molar-refractivity contribution is 0.0816. The summed E-state index contributed by atoms with van der Waals surface area (Å²) >= 11 is 0. The molecule has 98 valence electrons. The molecule has 1 aromatic heterocycles. The Balaban J connectivity index is 1.71. The fourth-order valence-corrected chi connectivity index (χ4v) is 2.48. The van der Waals surface area contributed by atoms with Crippen molar-refractivity contribution < 1.29 is 4.74 Å². The van der Waals surface area contributed by atoms with Gasteiger partial charge in [0.25, 0.3) is 0 Å². The summed E-state index contributed by atoms with van der Waals surface area (Å²) < 4.78 is 5.64. The van der Waals surface area contributed by atoms with Gasteiger partial charge in [-0.1, -0.05) is 30.3 Å². The van der Waals surface area contributed by atoms with Crippen LogP contribution in [-0.2, 0) is 17.9 Å². The lowest BCUT2D eigenvalue weighted by Gasteiger charge is -2.26. The van der Waals surface area contributed by atoms with Crippen LogP contribution in [0.5, 0.6) is 0 Å². The molecular formula is C16H18N2O. The zero-order valence-electron chi connectivity index (χ0n) is 11.1. The number of fused-ring (bicyclic) bond motifs is 1. The molecule has 3 heteroatoms. The fraction of sp³-hybridized carbons (Fsp3) is 0.312. The highest BCUT2D eigenvalue weighted by atomic mass is 16.5. The molecule has 1 N–H and O–H groups in total. The number of hydrogen-bond donors (Lipinski definition) is 1. The number of aromatic nitrogens is 1. The summed E-state index contributed by atoms with van der Waals surface area (Å²) in [5, 5.41) is 3.53. The summed E-state index contributed by atoms with van der Waals surface area (Å²) in [7, 11) is 0. The van der Waals surface area contributed by atoms with Gasteiger partial charge in [-0.05, 0) is 30.2 Å². The van der Waals surface area contributed by atoms with Gasteiger partial charge in [-0.3, -0.25) is 4.98 Å². The second kappa shape index (κ2) is 5.51. The van der Waals surface area contributed by atoms with E-state index < -0.39 is 0 Å². The van der Waals surface area contributed by atoms with Crippen LogP contribution in [-0.4, -0.2) is 11.6 Å². The molecule has 0 amide bonds. The van der Waals surface area contributed by atoms with Gasteiger partial charge in [-0.15, -0.1) is 0 Å². The number of benzene rings is 1. The number of pyridine rings is 1. The van der Waals surface area contributed by atoms with Crippen LogP contribution in [0.15, 0.2) is 42.5 Å². The summed E-state index contributed by atoms with van der Waals surface area (Å²) in [5.41, 5.74) is 4.76. The predicted molar refractivity (Wildman–Crippen MR) is 74.7 cm³/mol. The van der Waals surface area contributed by atoms with E-state index in [1.807, 2.05) is 19.1 Å². The van der Waals surface area contributed by atoms with E-state index in [0.29, 0.717) is 0 Å². The third-order valence-electron chi connectivity index (χ3n) is 3.45. The quantitative estimate of drug-likeness (QED) is 0.914. The Kier molecular flexibility index (Phi) is 3.58. The Hall–Kier alpha value is -1.71. The number of aryl methyl sites for hydroxylation is 1. The number of hydrogen-bond acceptors (Lipinski definition) is 3. The Morgan fingerprint density at radius 1 is 1.21 bits per heavy atom. The number of nitrogens with zero attached hydrogens (tertiary/aromatic N) is 1. The Labute approximate surface area is 113 Å². The van der Waals surface area contributed by atoms with Gasteiger partial charge in [0.05, 0.1) is 24.9 Å². The maximum absolute atomic E-state index is 5.64. The summed E-state index contributed by atoms with van der Waals surface area (Å²) in [6.07, 6.45) is 0. The molecule has 0 spiro atoms. The molecule has 0 radical (unpaired) electrons. The highest BCUT2D eigenvalue weighted by Crippen LogP contribution is 2.24. The molecular weight excluding hydrogens is 236 g/mol. The number of ether oxygens (including phenoxy) is 1. The number of rotatable bonds is 3. The van der Waals surface area contributed by atoms with E-state index in [2.05, 4.69) is 40.6 Å². The predicted octanol–water partition coefficient (Wildman–Crippen LogP) is 2.75. The van der Waals surface area contributed by atoms with Crippen LogP contribution in [0.1, 0.15) is 28.6 Å². The molecule has 0 saturated heterocycles. The van der Waals surface area contributed by atoms with E-state index in [4.69, 9.17) is 4.74 Å². The second-order valence-corrected chi connectivity index (χ2v) is 4.92. The molecule has 1 aliphatic heterocycles. The summed E-state index contributed by atoms with van der Waals surface area (Å²) in [4.78, 5) is 4.51. The van der Waals surface area contributed by atoms with Crippen molar-refractivity contribution in [1.29, 1.82) is 0 Å². The van der Waals surface area contributed by atoms with E-state index in [-0.39, 0.29) is 6.04 Å². The average molecular weight is 254 g/mol. The van der Waals surface area contributed by atoms with Gasteiger partial charge in [0.1, 0.15) is 0 Å². The van der Waals surface area contributed by atoms with Gasteiger partial charge < -0.3 is 10.1 Å². The van der Waals surface area contributed by atoms with Gasteiger partial charge in [-0.25, -0.2) is 0 Å². The van der Waals surface area contributed by atoms with E-state index in [0.717, 1.165) is 31.1 Å². The van der Waals surface area contributed by atoms with Crippen LogP contribution in [0.4, 0.5) is 0 Å². The second-order valence-electron chi connectivity index (χ2n) is 4.92. The minimum absolute atomic E-state index is 0.257. The first-order valence-electron chi connectivity index (χ1n) is 6.64. The molecule has 2 aromatic rings. The molecule has 19 heavy (non-hydrogen) atoms. The van der Waals surface area contributed by atoms with Gasteiger partial charge >= 0.3 is 0 Å². The van der Waals surface area contributed by atoms with E-state index >= 15 is 0 Å². The van der Waals surface area contributed by atoms with E-state index in [9.17, 15) is 0 Å². The van der Waals surface area contributed by atoms with Crippen molar-refractivity contribution in [3.63, 3.8) is 0 Å². The van der Waals surface area contributed by atoms with Crippen molar-refractivity contribution >= 4 is 0 Å². The summed E-state index contributed by atoms with van der Waals surface area (Å²) in [5.74, 6) is 0. The normalized spacial score (nSPS) is 18.1. The molecule has 1 atom stereocenters. The Bertz CT molecular complexity index is 568. The zero-order valence-corrected chi connectivity index (χ0v) is 11.1. The van der Waals surface area contributed by atoms with Gasteiger partial charge in [-0.2, -0.15) is 0 Å². The molecule has 0 bridgehead atoms. The monoisotopic (exact) mass is 254 g/mol. The fourth-order valence-electron chi connectivity index (χ4n) is 2.48. The van der Waals surface area contributed by atoms with Gasteiger partial charge in [0, 0.05) is 12.2 Å². The first-order valence-corrected chi connectivity index (χ1v) is 6.64. The molecule has 3 rings (SSSR count). The van der Waals surface area contributed by atoms with Crippen LogP contribution >= 0.6 is 0 Å². The lowest BCUT2D eigenvalue weighted by atomic mass is 9.99. The first kappa shape index (κ1) is 12.3. The van der Waals surface area contributed by atoms with Crippen molar-refractivity contribution in [1.82, 2.24) is 10.3 Å². The summed E-state index contributed by atoms with van der Waals surface area (Å²) in [6, 6.07) is 14.8. The van der Waals surface area contributed by atoms with E-state index in [1.54, 1.807) is 0 Å². The highest BCUT2D eigenvalue weighted by Gasteiger charge is 2.19. The first-order chi connectivity index (χ1) is 9.33. The SMILES string of the molecule is Cc1cccc(CNC2COCc3ccccc32)n1. The Morgan fingerprint density at radius 2 is 2.11 bits per heavy atom. The molecule has 1 aromatic carbocycles. The van der Waals surface area contributed by atoms with Crippen molar-refractivity contribution in [2.75, 3.05) is 6.61 Å². The minimum Gasteiger partial charge on any atom is -0.375 e. The lowest BCUT2D eigenvalue weighted by Crippen LogP contribution is -2.29. The van der Waals surface area contributed by atoms with Crippen LogP contribution in [0.25, 0.3) is 0 Å². The van der Waals surface area contributed by atoms with E-state index in [1.165, 1.54) is 11.1 Å². The van der Waals surface area contributed by atoms with Crippen molar-refractivity contribution in [2.45, 2.75) is 26.1 Å². The van der Waals surface area contributed by atoms with Crippen molar-refractivity contribution in [2.24, 2.45) is 0 Å². The highest BCUT2D eigenvalue weighted by molar-refractivity contribution is 5.31. The largest absolute Gasteiger partial charge is 0.375 e. The third kappa shape index (κ3) is 2.83. The minimum atomic E-state index is 0.257. The smallest absolute Gasteiger partial charge is 0.0721 e. The van der Waals surface area contributed by atoms with Gasteiger partial charge in [0.2, 0.25) is 0 Å². The maximum Gasteiger partial charge on any atom is 0.0721 e. The zero-order chi connectivity index (χ0) is 13.1. The van der Waals surface area contributed by atoms with Crippen LogP contribution < -0.4 is 5.32 Å².